The molecular formula is C20H20N2O. The van der Waals surface area contributed by atoms with E-state index in [4.69, 9.17) is 0 Å². The average Bonchev–Trinajstić information content (AvgIpc) is 3.05. The van der Waals surface area contributed by atoms with Gasteiger partial charge in [0.15, 0.2) is 0 Å². The third-order valence-electron chi connectivity index (χ3n) is 3.94. The van der Waals surface area contributed by atoms with Gasteiger partial charge >= 0.3 is 0 Å². The molecule has 0 saturated carbocycles. The quantitative estimate of drug-likeness (QED) is 0.822. The van der Waals surface area contributed by atoms with Crippen molar-refractivity contribution in [3.05, 3.63) is 77.9 Å². The Balaban J connectivity index is 1.82. The van der Waals surface area contributed by atoms with E-state index in [1.807, 2.05) is 55.5 Å². The van der Waals surface area contributed by atoms with Gasteiger partial charge in [-0.25, -0.2) is 5.01 Å². The first-order valence-electron chi connectivity index (χ1n) is 7.95. The second kappa shape index (κ2) is 7.05. The lowest BCUT2D eigenvalue weighted by atomic mass is 10.0. The monoisotopic (exact) mass is 304 g/mol. The van der Waals surface area contributed by atoms with Crippen LogP contribution in [-0.4, -0.2) is 16.6 Å². The highest BCUT2D eigenvalue weighted by atomic mass is 16.2. The highest BCUT2D eigenvalue weighted by Crippen LogP contribution is 2.31. The van der Waals surface area contributed by atoms with Gasteiger partial charge in [0.05, 0.1) is 11.8 Å². The van der Waals surface area contributed by atoms with Gasteiger partial charge < -0.3 is 0 Å². The summed E-state index contributed by atoms with van der Waals surface area (Å²) in [5, 5.41) is 6.18. The molecular weight excluding hydrogens is 284 g/mol. The van der Waals surface area contributed by atoms with Crippen molar-refractivity contribution in [2.45, 2.75) is 25.8 Å². The molecule has 3 heteroatoms. The van der Waals surface area contributed by atoms with Crippen molar-refractivity contribution >= 4 is 17.7 Å². The summed E-state index contributed by atoms with van der Waals surface area (Å²) in [6.07, 6.45) is 5.26. The number of carbonyl (C=O) groups is 1. The summed E-state index contributed by atoms with van der Waals surface area (Å²) < 4.78 is 0. The van der Waals surface area contributed by atoms with Crippen LogP contribution in [0.3, 0.4) is 0 Å². The Kier molecular flexibility index (Phi) is 4.67. The third kappa shape index (κ3) is 3.57. The standard InChI is InChI=1S/C20H20N2O/c1-2-20(23)22-19(17-11-7-4-8-12-17)15-18(21-22)14-13-16-9-5-3-6-10-16/h3-14,19H,2,15H2,1H3/b14-13+. The highest BCUT2D eigenvalue weighted by Gasteiger charge is 2.30. The van der Waals surface area contributed by atoms with Crippen molar-refractivity contribution in [3.63, 3.8) is 0 Å². The number of hydrogen-bond donors (Lipinski definition) is 0. The molecule has 116 valence electrons. The maximum Gasteiger partial charge on any atom is 0.242 e. The summed E-state index contributed by atoms with van der Waals surface area (Å²) in [5.41, 5.74) is 3.19. The fraction of sp³-hybridized carbons (Fsp3) is 0.200. The predicted molar refractivity (Wildman–Crippen MR) is 93.8 cm³/mol. The highest BCUT2D eigenvalue weighted by molar-refractivity contribution is 6.01. The Morgan fingerprint density at radius 3 is 2.39 bits per heavy atom. The normalized spacial score (nSPS) is 17.5. The number of allylic oxidation sites excluding steroid dienone is 1. The van der Waals surface area contributed by atoms with Crippen LogP contribution in [0.4, 0.5) is 0 Å². The van der Waals surface area contributed by atoms with Gasteiger partial charge in [-0.1, -0.05) is 73.7 Å². The van der Waals surface area contributed by atoms with E-state index >= 15 is 0 Å². The van der Waals surface area contributed by atoms with Crippen molar-refractivity contribution < 1.29 is 4.79 Å². The Labute approximate surface area is 136 Å². The number of carbonyl (C=O) groups excluding carboxylic acids is 1. The first-order chi connectivity index (χ1) is 11.3. The van der Waals surface area contributed by atoms with Crippen LogP contribution in [-0.2, 0) is 4.79 Å². The second-order valence-electron chi connectivity index (χ2n) is 5.56. The molecule has 0 aromatic heterocycles. The largest absolute Gasteiger partial charge is 0.273 e. The summed E-state index contributed by atoms with van der Waals surface area (Å²) in [6.45, 7) is 1.87. The maximum atomic E-state index is 12.2. The summed E-state index contributed by atoms with van der Waals surface area (Å²) >= 11 is 0. The summed E-state index contributed by atoms with van der Waals surface area (Å²) in [4.78, 5) is 12.2. The first-order valence-corrected chi connectivity index (χ1v) is 7.95. The lowest BCUT2D eigenvalue weighted by molar-refractivity contribution is -0.132. The number of hydrogen-bond acceptors (Lipinski definition) is 2. The van der Waals surface area contributed by atoms with Crippen molar-refractivity contribution in [1.29, 1.82) is 0 Å². The van der Waals surface area contributed by atoms with Gasteiger partial charge in [0, 0.05) is 12.8 Å². The zero-order valence-electron chi connectivity index (χ0n) is 13.2. The number of rotatable bonds is 4. The maximum absolute atomic E-state index is 12.2. The van der Waals surface area contributed by atoms with E-state index in [2.05, 4.69) is 29.4 Å². The van der Waals surface area contributed by atoms with E-state index in [1.54, 1.807) is 5.01 Å². The molecule has 0 N–H and O–H groups in total. The van der Waals surface area contributed by atoms with Crippen LogP contribution >= 0.6 is 0 Å². The average molecular weight is 304 g/mol. The van der Waals surface area contributed by atoms with Gasteiger partial charge in [0.1, 0.15) is 0 Å². The molecule has 1 unspecified atom stereocenters. The topological polar surface area (TPSA) is 32.7 Å². The summed E-state index contributed by atoms with van der Waals surface area (Å²) in [7, 11) is 0. The lowest BCUT2D eigenvalue weighted by Crippen LogP contribution is -2.26. The number of hydrazone groups is 1. The lowest BCUT2D eigenvalue weighted by Gasteiger charge is -2.21. The van der Waals surface area contributed by atoms with Gasteiger partial charge in [-0.3, -0.25) is 4.79 Å². The van der Waals surface area contributed by atoms with E-state index in [9.17, 15) is 4.79 Å². The number of benzene rings is 2. The minimum Gasteiger partial charge on any atom is -0.273 e. The molecule has 1 heterocycles. The Morgan fingerprint density at radius 1 is 1.09 bits per heavy atom. The molecule has 0 radical (unpaired) electrons. The van der Waals surface area contributed by atoms with Gasteiger partial charge in [0.25, 0.3) is 0 Å². The molecule has 1 aliphatic heterocycles. The van der Waals surface area contributed by atoms with Gasteiger partial charge in [0.2, 0.25) is 5.91 Å². The number of nitrogens with zero attached hydrogens (tertiary/aromatic N) is 2. The molecule has 23 heavy (non-hydrogen) atoms. The fourth-order valence-electron chi connectivity index (χ4n) is 2.72. The zero-order valence-corrected chi connectivity index (χ0v) is 13.2. The molecule has 0 spiro atoms. The Morgan fingerprint density at radius 2 is 1.74 bits per heavy atom. The fourth-order valence-corrected chi connectivity index (χ4v) is 2.72. The van der Waals surface area contributed by atoms with Crippen LogP contribution in [0.15, 0.2) is 71.8 Å². The van der Waals surface area contributed by atoms with Crippen molar-refractivity contribution in [2.24, 2.45) is 5.10 Å². The van der Waals surface area contributed by atoms with E-state index in [1.165, 1.54) is 0 Å². The van der Waals surface area contributed by atoms with Crippen LogP contribution in [0.2, 0.25) is 0 Å². The van der Waals surface area contributed by atoms with Gasteiger partial charge in [-0.05, 0) is 17.2 Å². The van der Waals surface area contributed by atoms with Gasteiger partial charge in [-0.15, -0.1) is 0 Å². The molecule has 1 atom stereocenters. The van der Waals surface area contributed by atoms with Crippen LogP contribution in [0.5, 0.6) is 0 Å². The third-order valence-corrected chi connectivity index (χ3v) is 3.94. The zero-order chi connectivity index (χ0) is 16.1. The minimum absolute atomic E-state index is 0.000858. The van der Waals surface area contributed by atoms with Crippen LogP contribution in [0.1, 0.15) is 36.9 Å². The molecule has 0 fully saturated rings. The van der Waals surface area contributed by atoms with E-state index < -0.39 is 0 Å². The smallest absolute Gasteiger partial charge is 0.242 e. The van der Waals surface area contributed by atoms with Crippen LogP contribution in [0.25, 0.3) is 6.08 Å². The van der Waals surface area contributed by atoms with E-state index in [0.717, 1.165) is 23.3 Å². The molecule has 0 aliphatic carbocycles. The molecule has 3 rings (SSSR count). The SMILES string of the molecule is CCC(=O)N1N=C(/C=C/c2ccccc2)CC1c1ccccc1. The number of amides is 1. The van der Waals surface area contributed by atoms with E-state index in [-0.39, 0.29) is 11.9 Å². The molecule has 2 aromatic carbocycles. The van der Waals surface area contributed by atoms with Crippen molar-refractivity contribution in [2.75, 3.05) is 0 Å². The van der Waals surface area contributed by atoms with Crippen LogP contribution in [0, 0.1) is 0 Å². The molecule has 3 nitrogen and oxygen atoms in total. The van der Waals surface area contributed by atoms with E-state index in [0.29, 0.717) is 6.42 Å². The molecule has 0 saturated heterocycles. The minimum atomic E-state index is -0.000858. The van der Waals surface area contributed by atoms with Crippen molar-refractivity contribution in [1.82, 2.24) is 5.01 Å². The van der Waals surface area contributed by atoms with Crippen LogP contribution < -0.4 is 0 Å². The molecule has 2 aromatic rings. The predicted octanol–water partition coefficient (Wildman–Crippen LogP) is 4.44. The van der Waals surface area contributed by atoms with Gasteiger partial charge in [-0.2, -0.15) is 5.10 Å². The first kappa shape index (κ1) is 15.2. The second-order valence-corrected chi connectivity index (χ2v) is 5.56. The Bertz CT molecular complexity index is 720. The molecule has 1 aliphatic rings. The molecule has 1 amide bonds. The Hall–Kier alpha value is -2.68. The van der Waals surface area contributed by atoms with Crippen molar-refractivity contribution in [3.8, 4) is 0 Å². The molecule has 0 bridgehead atoms. The summed E-state index contributed by atoms with van der Waals surface area (Å²) in [6, 6.07) is 20.2. The summed E-state index contributed by atoms with van der Waals surface area (Å²) in [5.74, 6) is 0.0574.